The Morgan fingerprint density at radius 2 is 1.22 bits per heavy atom. The van der Waals surface area contributed by atoms with Gasteiger partial charge in [0.25, 0.3) is 0 Å². The Kier molecular flexibility index (Phi) is 19.1. The summed E-state index contributed by atoms with van der Waals surface area (Å²) in [6.45, 7) is 0. The summed E-state index contributed by atoms with van der Waals surface area (Å²) < 4.78 is 0. The van der Waals surface area contributed by atoms with E-state index in [4.69, 9.17) is 30.3 Å². The Balaban J connectivity index is -0.0000000720. The van der Waals surface area contributed by atoms with Crippen LogP contribution in [0.5, 0.6) is 0 Å². The van der Waals surface area contributed by atoms with Gasteiger partial charge in [0.05, 0.1) is 5.09 Å². The molecule has 7 nitrogen and oxygen atoms in total. The van der Waals surface area contributed by atoms with Crippen molar-refractivity contribution in [3.63, 3.8) is 0 Å². The van der Waals surface area contributed by atoms with Crippen LogP contribution in [0.4, 0.5) is 4.79 Å². The van der Waals surface area contributed by atoms with E-state index in [-0.39, 0.29) is 41.7 Å². The molecular weight excluding hydrogens is 262 g/mol. The maximum Gasteiger partial charge on any atom is 3.00 e. The van der Waals surface area contributed by atoms with Crippen LogP contribution in [-0.4, -0.2) is 11.2 Å². The van der Waals surface area contributed by atoms with Crippen LogP contribution in [0.3, 0.4) is 0 Å². The molecule has 0 aliphatic heterocycles. The van der Waals surface area contributed by atoms with E-state index in [1.54, 1.807) is 0 Å². The van der Waals surface area contributed by atoms with E-state index in [9.17, 15) is 0 Å². The Morgan fingerprint density at radius 3 is 1.22 bits per heavy atom. The van der Waals surface area contributed by atoms with Gasteiger partial charge in [-0.2, -0.15) is 0 Å². The molecule has 0 unspecified atom stereocenters. The van der Waals surface area contributed by atoms with Gasteiger partial charge in [0, 0.05) is 0 Å². The maximum atomic E-state index is 8.33. The van der Waals surface area contributed by atoms with Gasteiger partial charge >= 0.3 is 41.7 Å². The molecule has 0 aromatic carbocycles. The van der Waals surface area contributed by atoms with Crippen LogP contribution in [0.25, 0.3) is 0 Å². The van der Waals surface area contributed by atoms with Gasteiger partial charge in [0.2, 0.25) is 0 Å². The SMILES string of the molecule is O=C([O-])[O-].O=[N+]([O-])[O-].[Ce+3]. The summed E-state index contributed by atoms with van der Waals surface area (Å²) in [5.41, 5.74) is 0. The molecule has 0 saturated carbocycles. The molecule has 0 aromatic rings. The number of carboxylic acid groups (broad SMARTS) is 2. The molecule has 0 aliphatic carbocycles. The van der Waals surface area contributed by atoms with E-state index in [2.05, 4.69) is 0 Å². The first kappa shape index (κ1) is 15.9. The van der Waals surface area contributed by atoms with Gasteiger partial charge in [-0.15, -0.1) is 0 Å². The third kappa shape index (κ3) is 11400. The molecule has 0 fully saturated rings. The second kappa shape index (κ2) is 10.8. The van der Waals surface area contributed by atoms with Crippen molar-refractivity contribution in [2.75, 3.05) is 0 Å². The second-order valence-electron chi connectivity index (χ2n) is 0.474. The Morgan fingerprint density at radius 1 is 1.22 bits per heavy atom. The summed E-state index contributed by atoms with van der Waals surface area (Å²) in [6, 6.07) is 0. The van der Waals surface area contributed by atoms with Crippen LogP contribution in [0.1, 0.15) is 0 Å². The Hall–Kier alpha value is -0.153. The molecule has 0 atom stereocenters. The zero-order valence-corrected chi connectivity index (χ0v) is 7.04. The number of rotatable bonds is 0. The maximum absolute atomic E-state index is 8.33. The van der Waals surface area contributed by atoms with Gasteiger partial charge in [0.1, 0.15) is 0 Å². The number of nitrogens with zero attached hydrogens (tertiary/aromatic N) is 1. The molecule has 0 N–H and O–H groups in total. The van der Waals surface area contributed by atoms with Crippen molar-refractivity contribution in [3.05, 3.63) is 15.3 Å². The first-order valence-electron chi connectivity index (χ1n) is 1.16. The molecule has 0 amide bonds. The van der Waals surface area contributed by atoms with Crippen LogP contribution in [0, 0.1) is 57.1 Å². The minimum Gasteiger partial charge on any atom is -0.652 e. The predicted molar refractivity (Wildman–Crippen MR) is 15.8 cm³/mol. The minimum absolute atomic E-state index is 0. The molecule has 8 heteroatoms. The average molecular weight is 262 g/mol. The summed E-state index contributed by atoms with van der Waals surface area (Å²) in [4.78, 5) is 16.6. The smallest absolute Gasteiger partial charge is 0.652 e. The largest absolute Gasteiger partial charge is 3.00 e. The third-order valence-corrected chi connectivity index (χ3v) is 0. The standard InChI is InChI=1S/CH2O3.Ce.NO3/c2-1(3)4;;2-1(3)4/h(H2,2,3,4);;/q;+3;-1/p-2. The molecule has 0 saturated heterocycles. The first-order valence-corrected chi connectivity index (χ1v) is 1.16. The number of hydrogen-bond acceptors (Lipinski definition) is 6. The minimum atomic E-state index is -2.33. The number of carbonyl (C=O) groups excluding carboxylic acids is 1. The average Bonchev–Trinajstić information content (AvgIpc) is 1.25. The second-order valence-corrected chi connectivity index (χ2v) is 0.474. The van der Waals surface area contributed by atoms with E-state index >= 15 is 0 Å². The molecular formula is CCeNO6. The molecule has 0 bridgehead atoms. The first-order chi connectivity index (χ1) is 3.46. The van der Waals surface area contributed by atoms with Crippen molar-refractivity contribution >= 4 is 6.16 Å². The predicted octanol–water partition coefficient (Wildman–Crippen LogP) is -2.69. The van der Waals surface area contributed by atoms with E-state index < -0.39 is 11.2 Å². The molecule has 0 heterocycles. The van der Waals surface area contributed by atoms with Crippen molar-refractivity contribution in [1.29, 1.82) is 0 Å². The van der Waals surface area contributed by atoms with E-state index in [1.807, 2.05) is 0 Å². The van der Waals surface area contributed by atoms with Crippen LogP contribution in [0.15, 0.2) is 0 Å². The zero-order valence-electron chi connectivity index (χ0n) is 3.90. The van der Waals surface area contributed by atoms with Crippen LogP contribution in [-0.2, 0) is 0 Å². The van der Waals surface area contributed by atoms with E-state index in [0.29, 0.717) is 0 Å². The number of hydrogen-bond donors (Lipinski definition) is 0. The van der Waals surface area contributed by atoms with Crippen molar-refractivity contribution in [2.24, 2.45) is 0 Å². The van der Waals surface area contributed by atoms with Crippen LogP contribution >= 0.6 is 0 Å². The van der Waals surface area contributed by atoms with Crippen LogP contribution < -0.4 is 10.2 Å². The van der Waals surface area contributed by atoms with Gasteiger partial charge in [0.15, 0.2) is 0 Å². The topological polar surface area (TPSA) is 129 Å². The molecule has 0 aromatic heterocycles. The monoisotopic (exact) mass is 262 g/mol. The fourth-order valence-corrected chi connectivity index (χ4v) is 0. The van der Waals surface area contributed by atoms with Gasteiger partial charge in [-0.25, -0.2) is 0 Å². The van der Waals surface area contributed by atoms with Gasteiger partial charge in [-0.3, -0.25) is 0 Å². The van der Waals surface area contributed by atoms with E-state index in [0.717, 1.165) is 0 Å². The fraction of sp³-hybridized carbons (Fsp3) is 0. The van der Waals surface area contributed by atoms with Gasteiger partial charge in [-0.1, -0.05) is 0 Å². The van der Waals surface area contributed by atoms with Crippen molar-refractivity contribution in [2.45, 2.75) is 0 Å². The Bertz CT molecular complexity index is 71.1. The normalized spacial score (nSPS) is 5.33. The summed E-state index contributed by atoms with van der Waals surface area (Å²) in [6.07, 6.45) is -2.33. The molecule has 0 spiro atoms. The summed E-state index contributed by atoms with van der Waals surface area (Å²) in [7, 11) is 0. The summed E-state index contributed by atoms with van der Waals surface area (Å²) >= 11 is 0. The van der Waals surface area contributed by atoms with Gasteiger partial charge in [-0.05, 0) is 6.16 Å². The quantitative estimate of drug-likeness (QED) is 0.345. The van der Waals surface area contributed by atoms with E-state index in [1.165, 1.54) is 0 Å². The fourth-order valence-electron chi connectivity index (χ4n) is 0. The summed E-state index contributed by atoms with van der Waals surface area (Å²) in [5, 5.41) is 31.4. The Labute approximate surface area is 82.8 Å². The van der Waals surface area contributed by atoms with Crippen molar-refractivity contribution in [1.82, 2.24) is 0 Å². The van der Waals surface area contributed by atoms with Crippen molar-refractivity contribution < 1.29 is 61.8 Å². The molecule has 9 heavy (non-hydrogen) atoms. The molecule has 1 radical (unpaired) electrons. The van der Waals surface area contributed by atoms with Crippen molar-refractivity contribution in [3.8, 4) is 0 Å². The third-order valence-electron chi connectivity index (χ3n) is 0. The zero-order chi connectivity index (χ0) is 7.15. The number of carbonyl (C=O) groups is 1. The molecule has 0 aliphatic rings. The molecule has 0 rings (SSSR count). The van der Waals surface area contributed by atoms with Crippen LogP contribution in [0.2, 0.25) is 0 Å². The summed E-state index contributed by atoms with van der Waals surface area (Å²) in [5.74, 6) is 0. The molecule has 49 valence electrons. The van der Waals surface area contributed by atoms with Gasteiger partial charge < -0.3 is 30.3 Å².